The van der Waals surface area contributed by atoms with Gasteiger partial charge in [0.15, 0.2) is 0 Å². The third kappa shape index (κ3) is 4.13. The second-order valence-electron chi connectivity index (χ2n) is 6.76. The molecule has 8 heteroatoms. The number of rotatable bonds is 5. The summed E-state index contributed by atoms with van der Waals surface area (Å²) in [6, 6.07) is 11.0. The van der Waals surface area contributed by atoms with E-state index in [9.17, 15) is 14.4 Å². The number of halogens is 2. The largest absolute Gasteiger partial charge is 0.368 e. The molecule has 1 heterocycles. The van der Waals surface area contributed by atoms with Crippen molar-refractivity contribution in [3.63, 3.8) is 0 Å². The number of nitrogens with two attached hydrogens (primary N) is 1. The molecule has 6 nitrogen and oxygen atoms in total. The van der Waals surface area contributed by atoms with Crippen molar-refractivity contribution in [3.8, 4) is 0 Å². The first kappa shape index (κ1) is 20.9. The van der Waals surface area contributed by atoms with Crippen molar-refractivity contribution in [2.75, 3.05) is 5.32 Å². The molecular formula is C21H19Cl2N3O3. The number of amides is 2. The Labute approximate surface area is 177 Å². The van der Waals surface area contributed by atoms with E-state index in [0.29, 0.717) is 26.5 Å². The lowest BCUT2D eigenvalue weighted by molar-refractivity contribution is -0.120. The molecule has 0 spiro atoms. The topological polar surface area (TPSA) is 94.2 Å². The molecular weight excluding hydrogens is 413 g/mol. The number of fused-ring (bicyclic) bond motifs is 1. The van der Waals surface area contributed by atoms with Crippen LogP contribution < -0.4 is 16.6 Å². The molecule has 1 aromatic heterocycles. The minimum Gasteiger partial charge on any atom is -0.368 e. The predicted octanol–water partition coefficient (Wildman–Crippen LogP) is 4.10. The monoisotopic (exact) mass is 431 g/mol. The zero-order valence-electron chi connectivity index (χ0n) is 15.8. The summed E-state index contributed by atoms with van der Waals surface area (Å²) >= 11 is 12.0. The van der Waals surface area contributed by atoms with Gasteiger partial charge in [0, 0.05) is 22.7 Å². The molecule has 0 radical (unpaired) electrons. The highest BCUT2D eigenvalue weighted by Crippen LogP contribution is 2.28. The number of carbonyl (C=O) groups is 2. The third-order valence-electron chi connectivity index (χ3n) is 4.90. The van der Waals surface area contributed by atoms with Gasteiger partial charge < -0.3 is 15.6 Å². The zero-order chi connectivity index (χ0) is 21.3. The lowest BCUT2D eigenvalue weighted by Crippen LogP contribution is -2.31. The normalized spacial score (nSPS) is 13.1. The van der Waals surface area contributed by atoms with Crippen molar-refractivity contribution in [1.29, 1.82) is 0 Å². The Morgan fingerprint density at radius 2 is 1.76 bits per heavy atom. The van der Waals surface area contributed by atoms with E-state index in [4.69, 9.17) is 28.9 Å². The van der Waals surface area contributed by atoms with Gasteiger partial charge in [-0.1, -0.05) is 35.3 Å². The van der Waals surface area contributed by atoms with Crippen molar-refractivity contribution in [2.24, 2.45) is 5.73 Å². The average Bonchev–Trinajstić information content (AvgIpc) is 2.69. The summed E-state index contributed by atoms with van der Waals surface area (Å²) in [5.74, 6) is -1.35. The molecule has 0 saturated carbocycles. The fourth-order valence-electron chi connectivity index (χ4n) is 3.02. The van der Waals surface area contributed by atoms with E-state index in [0.717, 1.165) is 5.56 Å². The molecule has 0 fully saturated rings. The number of nitrogens with one attached hydrogen (secondary N) is 1. The van der Waals surface area contributed by atoms with Crippen LogP contribution in [0.5, 0.6) is 0 Å². The number of benzene rings is 2. The summed E-state index contributed by atoms with van der Waals surface area (Å²) in [6.07, 6.45) is 1.50. The van der Waals surface area contributed by atoms with E-state index >= 15 is 0 Å². The average molecular weight is 432 g/mol. The van der Waals surface area contributed by atoms with Crippen LogP contribution in [0.1, 0.15) is 31.4 Å². The highest BCUT2D eigenvalue weighted by Gasteiger charge is 2.19. The summed E-state index contributed by atoms with van der Waals surface area (Å²) in [5, 5.41) is 4.59. The fraction of sp³-hybridized carbons (Fsp3) is 0.190. The molecule has 2 amide bonds. The maximum Gasteiger partial charge on any atom is 0.259 e. The number of anilines is 1. The maximum atomic E-state index is 12.8. The number of nitrogens with zero attached hydrogens (tertiary/aromatic N) is 1. The molecule has 2 aromatic carbocycles. The number of pyridine rings is 1. The van der Waals surface area contributed by atoms with E-state index in [-0.39, 0.29) is 11.5 Å². The number of primary amides is 1. The number of aromatic nitrogens is 1. The number of carbonyl (C=O) groups excluding carboxylic acids is 2. The van der Waals surface area contributed by atoms with Gasteiger partial charge in [0.2, 0.25) is 11.8 Å². The van der Waals surface area contributed by atoms with Crippen LogP contribution in [-0.4, -0.2) is 16.4 Å². The van der Waals surface area contributed by atoms with E-state index in [2.05, 4.69) is 5.32 Å². The van der Waals surface area contributed by atoms with Gasteiger partial charge >= 0.3 is 0 Å². The first-order valence-electron chi connectivity index (χ1n) is 8.89. The summed E-state index contributed by atoms with van der Waals surface area (Å²) < 4.78 is 1.27. The van der Waals surface area contributed by atoms with Gasteiger partial charge in [-0.15, -0.1) is 0 Å². The van der Waals surface area contributed by atoms with Crippen LogP contribution in [0.3, 0.4) is 0 Å². The van der Waals surface area contributed by atoms with Crippen LogP contribution in [0.15, 0.2) is 53.5 Å². The molecule has 0 aliphatic heterocycles. The molecule has 29 heavy (non-hydrogen) atoms. The van der Waals surface area contributed by atoms with Crippen LogP contribution in [-0.2, 0) is 9.59 Å². The fourth-order valence-corrected chi connectivity index (χ4v) is 3.32. The minimum atomic E-state index is -0.778. The highest BCUT2D eigenvalue weighted by molar-refractivity contribution is 6.42. The van der Waals surface area contributed by atoms with Crippen molar-refractivity contribution in [2.45, 2.75) is 25.8 Å². The van der Waals surface area contributed by atoms with Gasteiger partial charge in [0.05, 0.1) is 16.0 Å². The molecule has 0 bridgehead atoms. The molecule has 0 aliphatic carbocycles. The highest BCUT2D eigenvalue weighted by atomic mass is 35.5. The SMILES string of the molecule is CC(C(=O)Nc1cccc2c(=O)n([C@H](C)C(N)=O)ccc12)c1ccc(Cl)c(Cl)c1. The smallest absolute Gasteiger partial charge is 0.259 e. The standard InChI is InChI=1S/C21H19Cl2N3O3/c1-11(13-6-7-16(22)17(23)10-13)20(28)25-18-5-3-4-15-14(18)8-9-26(21(15)29)12(2)19(24)27/h3-12H,1-2H3,(H2,24,27)(H,25,28)/t11?,12-/m1/s1. The molecule has 1 unspecified atom stereocenters. The van der Waals surface area contributed by atoms with E-state index in [1.54, 1.807) is 56.3 Å². The van der Waals surface area contributed by atoms with Gasteiger partial charge in [0.1, 0.15) is 6.04 Å². The van der Waals surface area contributed by atoms with Gasteiger partial charge in [0.25, 0.3) is 5.56 Å². The predicted molar refractivity (Wildman–Crippen MR) is 116 cm³/mol. The molecule has 0 aliphatic rings. The third-order valence-corrected chi connectivity index (χ3v) is 5.64. The van der Waals surface area contributed by atoms with Crippen LogP contribution in [0, 0.1) is 0 Å². The Morgan fingerprint density at radius 1 is 1.03 bits per heavy atom. The summed E-state index contributed by atoms with van der Waals surface area (Å²) in [6.45, 7) is 3.31. The van der Waals surface area contributed by atoms with Crippen molar-refractivity contribution < 1.29 is 9.59 Å². The second kappa shape index (κ2) is 8.27. The lowest BCUT2D eigenvalue weighted by atomic mass is 10.00. The zero-order valence-corrected chi connectivity index (χ0v) is 17.3. The van der Waals surface area contributed by atoms with Gasteiger partial charge in [-0.05, 0) is 49.7 Å². The van der Waals surface area contributed by atoms with Gasteiger partial charge in [-0.2, -0.15) is 0 Å². The molecule has 0 saturated heterocycles. The molecule has 3 aromatic rings. The van der Waals surface area contributed by atoms with Crippen LogP contribution in [0.25, 0.3) is 10.8 Å². The van der Waals surface area contributed by atoms with Crippen LogP contribution in [0.2, 0.25) is 10.0 Å². The number of hydrogen-bond donors (Lipinski definition) is 2. The quantitative estimate of drug-likeness (QED) is 0.636. The Bertz CT molecular complexity index is 1170. The van der Waals surface area contributed by atoms with E-state index in [1.165, 1.54) is 10.8 Å². The number of hydrogen-bond acceptors (Lipinski definition) is 3. The molecule has 3 N–H and O–H groups in total. The second-order valence-corrected chi connectivity index (χ2v) is 7.57. The van der Waals surface area contributed by atoms with Gasteiger partial charge in [-0.25, -0.2) is 0 Å². The Hall–Kier alpha value is -2.83. The van der Waals surface area contributed by atoms with Crippen LogP contribution in [0.4, 0.5) is 5.69 Å². The van der Waals surface area contributed by atoms with Crippen molar-refractivity contribution in [1.82, 2.24) is 4.57 Å². The van der Waals surface area contributed by atoms with Gasteiger partial charge in [-0.3, -0.25) is 14.4 Å². The first-order chi connectivity index (χ1) is 13.7. The van der Waals surface area contributed by atoms with Crippen LogP contribution >= 0.6 is 23.2 Å². The first-order valence-corrected chi connectivity index (χ1v) is 9.65. The Morgan fingerprint density at radius 3 is 2.41 bits per heavy atom. The molecule has 150 valence electrons. The lowest BCUT2D eigenvalue weighted by Gasteiger charge is -2.16. The Kier molecular flexibility index (Phi) is 5.96. The molecule has 3 rings (SSSR count). The van der Waals surface area contributed by atoms with E-state index < -0.39 is 17.9 Å². The van der Waals surface area contributed by atoms with E-state index in [1.807, 2.05) is 0 Å². The minimum absolute atomic E-state index is 0.259. The Balaban J connectivity index is 1.95. The maximum absolute atomic E-state index is 12.8. The summed E-state index contributed by atoms with van der Waals surface area (Å²) in [7, 11) is 0. The van der Waals surface area contributed by atoms with Crippen molar-refractivity contribution in [3.05, 3.63) is 74.6 Å². The summed E-state index contributed by atoms with van der Waals surface area (Å²) in [4.78, 5) is 37.0. The molecule has 2 atom stereocenters. The summed E-state index contributed by atoms with van der Waals surface area (Å²) in [5.41, 5.74) is 6.17. The van der Waals surface area contributed by atoms with Crippen molar-refractivity contribution >= 4 is 51.5 Å².